The zero-order chi connectivity index (χ0) is 13.9. The number of rotatable bonds is 3. The van der Waals surface area contributed by atoms with Crippen LogP contribution in [-0.2, 0) is 19.1 Å². The van der Waals surface area contributed by atoms with Crippen LogP contribution in [0.5, 0.6) is 0 Å². The normalized spacial score (nSPS) is 28.2. The van der Waals surface area contributed by atoms with Gasteiger partial charge in [0.1, 0.15) is 12.2 Å². The summed E-state index contributed by atoms with van der Waals surface area (Å²) in [7, 11) is 0. The molecular formula is C13H19NO4. The first-order chi connectivity index (χ1) is 8.31. The van der Waals surface area contributed by atoms with Crippen LogP contribution in [0.15, 0.2) is 0 Å². The van der Waals surface area contributed by atoms with Crippen LogP contribution < -0.4 is 0 Å². The van der Waals surface area contributed by atoms with E-state index in [1.54, 1.807) is 20.8 Å². The lowest BCUT2D eigenvalue weighted by atomic mass is 9.90. The lowest BCUT2D eigenvalue weighted by molar-refractivity contribution is -0.181. The number of carbonyl (C=O) groups excluding carboxylic acids is 2. The summed E-state index contributed by atoms with van der Waals surface area (Å²) in [5.74, 6) is -0.844. The Kier molecular flexibility index (Phi) is 4.33. The average Bonchev–Trinajstić information content (AvgIpc) is 2.32. The Morgan fingerprint density at radius 1 is 1.61 bits per heavy atom. The summed E-state index contributed by atoms with van der Waals surface area (Å²) >= 11 is 0. The zero-order valence-corrected chi connectivity index (χ0v) is 11.2. The first kappa shape index (κ1) is 14.5. The Balaban J connectivity index is 2.70. The molecule has 0 aromatic carbocycles. The number of hydrogen-bond acceptors (Lipinski definition) is 4. The molecule has 18 heavy (non-hydrogen) atoms. The van der Waals surface area contributed by atoms with Gasteiger partial charge in [-0.3, -0.25) is 4.79 Å². The molecule has 3 unspecified atom stereocenters. The molecule has 0 saturated carbocycles. The van der Waals surface area contributed by atoms with Crippen molar-refractivity contribution < 1.29 is 19.1 Å². The maximum absolute atomic E-state index is 11.9. The van der Waals surface area contributed by atoms with Crippen LogP contribution >= 0.6 is 0 Å². The second-order valence-electron chi connectivity index (χ2n) is 5.20. The molecule has 0 spiro atoms. The summed E-state index contributed by atoms with van der Waals surface area (Å²) in [5.41, 5.74) is -0.561. The van der Waals surface area contributed by atoms with Crippen molar-refractivity contribution in [2.45, 2.75) is 58.8 Å². The molecule has 1 aliphatic heterocycles. The molecule has 100 valence electrons. The topological polar surface area (TPSA) is 57.0 Å². The lowest BCUT2D eigenvalue weighted by Gasteiger charge is -2.31. The smallest absolute Gasteiger partial charge is 0.390 e. The molecule has 0 aromatic heterocycles. The van der Waals surface area contributed by atoms with E-state index in [0.717, 1.165) is 0 Å². The van der Waals surface area contributed by atoms with E-state index in [0.29, 0.717) is 6.42 Å². The minimum Gasteiger partial charge on any atom is -0.458 e. The Bertz CT molecular complexity index is 383. The number of nitrogens with zero attached hydrogens (tertiary/aromatic N) is 1. The van der Waals surface area contributed by atoms with Gasteiger partial charge in [0.2, 0.25) is 0 Å². The Labute approximate surface area is 107 Å². The molecule has 0 amide bonds. The number of ether oxygens (including phenoxy) is 2. The van der Waals surface area contributed by atoms with Crippen LogP contribution in [0, 0.1) is 12.0 Å². The van der Waals surface area contributed by atoms with Crippen molar-refractivity contribution in [1.82, 2.24) is 0 Å². The molecular weight excluding hydrogens is 234 g/mol. The first-order valence-corrected chi connectivity index (χ1v) is 6.10. The van der Waals surface area contributed by atoms with Gasteiger partial charge in [0.25, 0.3) is 0 Å². The summed E-state index contributed by atoms with van der Waals surface area (Å²) in [5, 5.41) is 0. The third-order valence-corrected chi connectivity index (χ3v) is 3.40. The van der Waals surface area contributed by atoms with Gasteiger partial charge in [-0.1, -0.05) is 6.92 Å². The molecule has 1 heterocycles. The average molecular weight is 253 g/mol. The summed E-state index contributed by atoms with van der Waals surface area (Å²) in [6.45, 7) is 14.1. The molecule has 0 radical (unpaired) electrons. The van der Waals surface area contributed by atoms with Gasteiger partial charge in [0.05, 0.1) is 11.8 Å². The molecule has 0 aromatic rings. The molecule has 1 aliphatic rings. The van der Waals surface area contributed by atoms with Crippen LogP contribution in [0.4, 0.5) is 0 Å². The van der Waals surface area contributed by atoms with E-state index < -0.39 is 29.6 Å². The van der Waals surface area contributed by atoms with Crippen LogP contribution in [0.3, 0.4) is 0 Å². The predicted molar refractivity (Wildman–Crippen MR) is 64.5 cm³/mol. The van der Waals surface area contributed by atoms with Crippen molar-refractivity contribution in [3.05, 3.63) is 11.4 Å². The predicted octanol–water partition coefficient (Wildman–Crippen LogP) is 1.96. The minimum atomic E-state index is -0.858. The van der Waals surface area contributed by atoms with E-state index in [2.05, 4.69) is 4.85 Å². The van der Waals surface area contributed by atoms with E-state index in [4.69, 9.17) is 16.0 Å². The fourth-order valence-corrected chi connectivity index (χ4v) is 1.54. The van der Waals surface area contributed by atoms with Crippen molar-refractivity contribution in [3.63, 3.8) is 0 Å². The number of hydrogen-bond donors (Lipinski definition) is 0. The van der Waals surface area contributed by atoms with Gasteiger partial charge in [-0.05, 0) is 27.2 Å². The van der Waals surface area contributed by atoms with Crippen LogP contribution in [0.1, 0.15) is 40.5 Å². The number of esters is 2. The Morgan fingerprint density at radius 2 is 2.22 bits per heavy atom. The second kappa shape index (κ2) is 5.38. The maximum atomic E-state index is 11.9. The van der Waals surface area contributed by atoms with Crippen molar-refractivity contribution >= 4 is 11.9 Å². The van der Waals surface area contributed by atoms with Crippen molar-refractivity contribution in [1.29, 1.82) is 0 Å². The van der Waals surface area contributed by atoms with E-state index in [-0.39, 0.29) is 12.4 Å². The van der Waals surface area contributed by atoms with E-state index in [9.17, 15) is 9.59 Å². The quantitative estimate of drug-likeness (QED) is 0.570. The molecule has 3 atom stereocenters. The highest BCUT2D eigenvalue weighted by atomic mass is 16.6. The van der Waals surface area contributed by atoms with E-state index in [1.165, 1.54) is 0 Å². The minimum absolute atomic E-state index is 0.217. The fourth-order valence-electron chi connectivity index (χ4n) is 1.54. The lowest BCUT2D eigenvalue weighted by Crippen LogP contribution is -2.45. The van der Waals surface area contributed by atoms with Crippen LogP contribution in [0.2, 0.25) is 0 Å². The fraction of sp³-hybridized carbons (Fsp3) is 0.769. The molecule has 5 nitrogen and oxygen atoms in total. The molecule has 1 fully saturated rings. The summed E-state index contributed by atoms with van der Waals surface area (Å²) in [6.07, 6.45) is -0.138. The number of cyclic esters (lactones) is 1. The largest absolute Gasteiger partial charge is 0.458 e. The molecule has 1 rings (SSSR count). The monoisotopic (exact) mass is 253 g/mol. The highest BCUT2D eigenvalue weighted by molar-refractivity contribution is 5.79. The Morgan fingerprint density at radius 3 is 2.72 bits per heavy atom. The van der Waals surface area contributed by atoms with E-state index >= 15 is 0 Å². The molecule has 0 N–H and O–H groups in total. The maximum Gasteiger partial charge on any atom is 0.390 e. The highest BCUT2D eigenvalue weighted by Gasteiger charge is 2.43. The van der Waals surface area contributed by atoms with Gasteiger partial charge in [-0.2, -0.15) is 0 Å². The molecule has 0 aliphatic carbocycles. The Hall–Kier alpha value is -1.57. The third-order valence-electron chi connectivity index (χ3n) is 3.40. The SMILES string of the molecule is [C-]#[N+]C1CC(OC(=O)C(C)(C)CC)C(C)OC1=O. The second-order valence-corrected chi connectivity index (χ2v) is 5.20. The summed E-state index contributed by atoms with van der Waals surface area (Å²) in [6, 6.07) is -0.858. The van der Waals surface area contributed by atoms with Gasteiger partial charge < -0.3 is 14.3 Å². The van der Waals surface area contributed by atoms with Crippen LogP contribution in [0.25, 0.3) is 4.85 Å². The van der Waals surface area contributed by atoms with Gasteiger partial charge >= 0.3 is 18.0 Å². The van der Waals surface area contributed by atoms with E-state index in [1.807, 2.05) is 6.92 Å². The number of carbonyl (C=O) groups is 2. The standard InChI is InChI=1S/C13H19NO4/c1-6-13(3,4)12(16)18-10-7-9(14-5)11(15)17-8(10)2/h8-10H,6-7H2,1-4H3. The molecule has 5 heteroatoms. The highest BCUT2D eigenvalue weighted by Crippen LogP contribution is 2.26. The van der Waals surface area contributed by atoms with Gasteiger partial charge in [-0.15, -0.1) is 0 Å². The van der Waals surface area contributed by atoms with Gasteiger partial charge in [-0.25, -0.2) is 11.4 Å². The first-order valence-electron chi connectivity index (χ1n) is 6.10. The molecule has 1 saturated heterocycles. The van der Waals surface area contributed by atoms with Crippen molar-refractivity contribution in [2.75, 3.05) is 0 Å². The third kappa shape index (κ3) is 3.00. The van der Waals surface area contributed by atoms with Crippen molar-refractivity contribution in [2.24, 2.45) is 5.41 Å². The van der Waals surface area contributed by atoms with Crippen molar-refractivity contribution in [3.8, 4) is 0 Å². The van der Waals surface area contributed by atoms with Gasteiger partial charge in [0, 0.05) is 0 Å². The summed E-state index contributed by atoms with van der Waals surface area (Å²) in [4.78, 5) is 26.5. The van der Waals surface area contributed by atoms with Crippen LogP contribution in [-0.4, -0.2) is 30.2 Å². The molecule has 0 bridgehead atoms. The summed E-state index contributed by atoms with van der Waals surface area (Å²) < 4.78 is 10.4. The van der Waals surface area contributed by atoms with Gasteiger partial charge in [0.15, 0.2) is 0 Å². The zero-order valence-electron chi connectivity index (χ0n) is 11.2.